The normalized spacial score (nSPS) is 39.2. The molecule has 1 saturated heterocycles. The Kier molecular flexibility index (Phi) is 3.98. The number of piperidine rings is 1. The quantitative estimate of drug-likeness (QED) is 0.764. The first-order valence-corrected chi connectivity index (χ1v) is 6.39. The minimum Gasteiger partial charge on any atom is -0.316 e. The van der Waals surface area contributed by atoms with Gasteiger partial charge in [0.2, 0.25) is 0 Å². The minimum atomic E-state index is -0.531. The Morgan fingerprint density at radius 2 is 1.80 bits per heavy atom. The molecule has 2 fully saturated rings. The summed E-state index contributed by atoms with van der Waals surface area (Å²) in [6, 6.07) is 0. The first kappa shape index (κ1) is 11.3. The van der Waals surface area contributed by atoms with E-state index in [1.54, 1.807) is 0 Å². The second-order valence-electron chi connectivity index (χ2n) is 5.18. The first-order valence-electron chi connectivity index (χ1n) is 6.39. The highest BCUT2D eigenvalue weighted by Crippen LogP contribution is 2.28. The Balaban J connectivity index is 1.75. The third-order valence-electron chi connectivity index (χ3n) is 3.93. The van der Waals surface area contributed by atoms with E-state index >= 15 is 0 Å². The standard InChI is InChI=1S/C12H23FN2/c13-11-6-4-10(5-7-11)9-15-8-2-1-3-12(15)14/h10-12H,1-9,14H2. The maximum absolute atomic E-state index is 13.0. The van der Waals surface area contributed by atoms with E-state index in [4.69, 9.17) is 5.73 Å². The van der Waals surface area contributed by atoms with Crippen molar-refractivity contribution in [1.82, 2.24) is 4.90 Å². The molecule has 1 heterocycles. The third kappa shape index (κ3) is 3.15. The molecule has 1 saturated carbocycles. The number of rotatable bonds is 2. The molecule has 0 spiro atoms. The van der Waals surface area contributed by atoms with E-state index in [0.29, 0.717) is 5.92 Å². The van der Waals surface area contributed by atoms with Gasteiger partial charge in [-0.25, -0.2) is 4.39 Å². The lowest BCUT2D eigenvalue weighted by Gasteiger charge is -2.37. The fourth-order valence-electron chi connectivity index (χ4n) is 2.88. The molecule has 1 aliphatic heterocycles. The van der Waals surface area contributed by atoms with Crippen LogP contribution in [0.25, 0.3) is 0 Å². The van der Waals surface area contributed by atoms with Crippen molar-refractivity contribution in [3.8, 4) is 0 Å². The molecule has 0 aromatic carbocycles. The Bertz CT molecular complexity index is 190. The molecule has 3 heteroatoms. The van der Waals surface area contributed by atoms with E-state index in [1.807, 2.05) is 0 Å². The fraction of sp³-hybridized carbons (Fsp3) is 1.00. The summed E-state index contributed by atoms with van der Waals surface area (Å²) in [6.07, 6.45) is 7.09. The van der Waals surface area contributed by atoms with Gasteiger partial charge in [0.05, 0.1) is 6.17 Å². The van der Waals surface area contributed by atoms with Crippen molar-refractivity contribution < 1.29 is 4.39 Å². The lowest BCUT2D eigenvalue weighted by Crippen LogP contribution is -2.47. The van der Waals surface area contributed by atoms with Crippen LogP contribution >= 0.6 is 0 Å². The molecular formula is C12H23FN2. The van der Waals surface area contributed by atoms with Crippen molar-refractivity contribution in [1.29, 1.82) is 0 Å². The molecule has 0 radical (unpaired) electrons. The predicted octanol–water partition coefficient (Wildman–Crippen LogP) is 2.29. The number of hydrogen-bond acceptors (Lipinski definition) is 2. The third-order valence-corrected chi connectivity index (χ3v) is 3.93. The topological polar surface area (TPSA) is 29.3 Å². The largest absolute Gasteiger partial charge is 0.316 e. The highest BCUT2D eigenvalue weighted by Gasteiger charge is 2.25. The molecule has 1 atom stereocenters. The Hall–Kier alpha value is -0.150. The summed E-state index contributed by atoms with van der Waals surface area (Å²) >= 11 is 0. The maximum Gasteiger partial charge on any atom is 0.100 e. The van der Waals surface area contributed by atoms with Gasteiger partial charge < -0.3 is 5.73 Å². The SMILES string of the molecule is NC1CCCCN1CC1CCC(F)CC1. The van der Waals surface area contributed by atoms with Crippen LogP contribution in [0.4, 0.5) is 4.39 Å². The molecule has 0 bridgehead atoms. The van der Waals surface area contributed by atoms with Crippen LogP contribution in [0.1, 0.15) is 44.9 Å². The summed E-state index contributed by atoms with van der Waals surface area (Å²) in [5.74, 6) is 0.696. The van der Waals surface area contributed by atoms with E-state index in [-0.39, 0.29) is 6.17 Å². The fourth-order valence-corrected chi connectivity index (χ4v) is 2.88. The predicted molar refractivity (Wildman–Crippen MR) is 60.3 cm³/mol. The summed E-state index contributed by atoms with van der Waals surface area (Å²) in [5, 5.41) is 0. The van der Waals surface area contributed by atoms with Crippen molar-refractivity contribution >= 4 is 0 Å². The zero-order valence-electron chi connectivity index (χ0n) is 9.50. The van der Waals surface area contributed by atoms with Gasteiger partial charge in [0, 0.05) is 6.54 Å². The van der Waals surface area contributed by atoms with E-state index in [0.717, 1.165) is 45.2 Å². The summed E-state index contributed by atoms with van der Waals surface area (Å²) in [4.78, 5) is 2.41. The van der Waals surface area contributed by atoms with Crippen LogP contribution in [-0.2, 0) is 0 Å². The van der Waals surface area contributed by atoms with Crippen LogP contribution in [-0.4, -0.2) is 30.3 Å². The molecule has 2 rings (SSSR count). The van der Waals surface area contributed by atoms with Crippen molar-refractivity contribution in [3.05, 3.63) is 0 Å². The van der Waals surface area contributed by atoms with Gasteiger partial charge in [-0.1, -0.05) is 0 Å². The molecular weight excluding hydrogens is 191 g/mol. The molecule has 1 aliphatic carbocycles. The minimum absolute atomic E-state index is 0.266. The smallest absolute Gasteiger partial charge is 0.100 e. The van der Waals surface area contributed by atoms with Gasteiger partial charge in [0.25, 0.3) is 0 Å². The lowest BCUT2D eigenvalue weighted by molar-refractivity contribution is 0.102. The Morgan fingerprint density at radius 3 is 2.47 bits per heavy atom. The van der Waals surface area contributed by atoms with Crippen LogP contribution in [0, 0.1) is 5.92 Å². The van der Waals surface area contributed by atoms with Crippen LogP contribution in [0.3, 0.4) is 0 Å². The second kappa shape index (κ2) is 5.26. The second-order valence-corrected chi connectivity index (χ2v) is 5.18. The highest BCUT2D eigenvalue weighted by molar-refractivity contribution is 4.78. The van der Waals surface area contributed by atoms with Gasteiger partial charge in [0.1, 0.15) is 6.17 Å². The number of nitrogens with zero attached hydrogens (tertiary/aromatic N) is 1. The first-order chi connectivity index (χ1) is 7.25. The van der Waals surface area contributed by atoms with Gasteiger partial charge >= 0.3 is 0 Å². The van der Waals surface area contributed by atoms with Gasteiger partial charge in [-0.05, 0) is 57.4 Å². The maximum atomic E-state index is 13.0. The van der Waals surface area contributed by atoms with Crippen molar-refractivity contribution in [3.63, 3.8) is 0 Å². The van der Waals surface area contributed by atoms with Crippen LogP contribution in [0.15, 0.2) is 0 Å². The van der Waals surface area contributed by atoms with Gasteiger partial charge in [-0.3, -0.25) is 4.90 Å². The van der Waals surface area contributed by atoms with Crippen molar-refractivity contribution in [2.75, 3.05) is 13.1 Å². The average Bonchev–Trinajstić information content (AvgIpc) is 2.25. The van der Waals surface area contributed by atoms with Crippen LogP contribution < -0.4 is 5.73 Å². The molecule has 0 aromatic rings. The van der Waals surface area contributed by atoms with E-state index < -0.39 is 6.17 Å². The summed E-state index contributed by atoms with van der Waals surface area (Å²) < 4.78 is 13.0. The molecule has 2 N–H and O–H groups in total. The van der Waals surface area contributed by atoms with Crippen LogP contribution in [0.5, 0.6) is 0 Å². The van der Waals surface area contributed by atoms with E-state index in [2.05, 4.69) is 4.90 Å². The van der Waals surface area contributed by atoms with Gasteiger partial charge in [0.15, 0.2) is 0 Å². The zero-order chi connectivity index (χ0) is 10.7. The summed E-state index contributed by atoms with van der Waals surface area (Å²) in [7, 11) is 0. The number of likely N-dealkylation sites (tertiary alicyclic amines) is 1. The molecule has 2 aliphatic rings. The molecule has 1 unspecified atom stereocenters. The molecule has 88 valence electrons. The molecule has 0 amide bonds. The van der Waals surface area contributed by atoms with E-state index in [9.17, 15) is 4.39 Å². The zero-order valence-corrected chi connectivity index (χ0v) is 9.50. The number of hydrogen-bond donors (Lipinski definition) is 1. The summed E-state index contributed by atoms with van der Waals surface area (Å²) in [5.41, 5.74) is 6.08. The van der Waals surface area contributed by atoms with Gasteiger partial charge in [-0.15, -0.1) is 0 Å². The number of halogens is 1. The number of alkyl halides is 1. The summed E-state index contributed by atoms with van der Waals surface area (Å²) in [6.45, 7) is 2.25. The van der Waals surface area contributed by atoms with E-state index in [1.165, 1.54) is 12.8 Å². The Morgan fingerprint density at radius 1 is 1.07 bits per heavy atom. The lowest BCUT2D eigenvalue weighted by atomic mass is 9.87. The molecule has 2 nitrogen and oxygen atoms in total. The van der Waals surface area contributed by atoms with Gasteiger partial charge in [-0.2, -0.15) is 0 Å². The average molecular weight is 214 g/mol. The molecule has 0 aromatic heterocycles. The highest BCUT2D eigenvalue weighted by atomic mass is 19.1. The Labute approximate surface area is 92.0 Å². The van der Waals surface area contributed by atoms with Crippen LogP contribution in [0.2, 0.25) is 0 Å². The number of nitrogens with two attached hydrogens (primary N) is 1. The van der Waals surface area contributed by atoms with Crippen molar-refractivity contribution in [2.45, 2.75) is 57.3 Å². The monoisotopic (exact) mass is 214 g/mol. The molecule has 15 heavy (non-hydrogen) atoms. The van der Waals surface area contributed by atoms with Crippen molar-refractivity contribution in [2.24, 2.45) is 11.7 Å².